The first-order chi connectivity index (χ1) is 29.2. The van der Waals surface area contributed by atoms with Gasteiger partial charge in [-0.15, -0.1) is 0 Å². The van der Waals surface area contributed by atoms with Crippen LogP contribution in [0.2, 0.25) is 0 Å². The van der Waals surface area contributed by atoms with Crippen molar-refractivity contribution in [3.63, 3.8) is 0 Å². The lowest BCUT2D eigenvalue weighted by Crippen LogP contribution is -2.59. The van der Waals surface area contributed by atoms with Crippen LogP contribution in [0.1, 0.15) is 62.6 Å². The minimum Gasteiger partial charge on any atom is -0.508 e. The molecule has 3 aliphatic rings. The van der Waals surface area contributed by atoms with Crippen LogP contribution in [0.25, 0.3) is 0 Å². The number of carbonyl (C=O) groups excluding carboxylic acids is 6. The summed E-state index contributed by atoms with van der Waals surface area (Å²) in [5.74, 6) is -4.89. The highest BCUT2D eigenvalue weighted by Crippen LogP contribution is 2.27. The number of nitrogens with two attached hydrogens (primary N) is 3. The largest absolute Gasteiger partial charge is 0.508 e. The number of guanidine groups is 1. The van der Waals surface area contributed by atoms with E-state index in [9.17, 15) is 43.8 Å². The third-order valence-electron chi connectivity index (χ3n) is 11.2. The number of carboxylic acid groups (broad SMARTS) is 1. The summed E-state index contributed by atoms with van der Waals surface area (Å²) in [5, 5.41) is 27.3. The van der Waals surface area contributed by atoms with Gasteiger partial charge in [0.1, 0.15) is 42.0 Å². The fourth-order valence-electron chi connectivity index (χ4n) is 8.04. The summed E-state index contributed by atoms with van der Waals surface area (Å²) in [6.07, 6.45) is 5.87. The van der Waals surface area contributed by atoms with Crippen molar-refractivity contribution in [1.29, 1.82) is 0 Å². The maximum atomic E-state index is 14.4. The molecule has 3 saturated heterocycles. The van der Waals surface area contributed by atoms with Gasteiger partial charge in [-0.05, 0) is 69.1 Å². The number of benzene rings is 1. The minimum absolute atomic E-state index is 0.0245. The number of aromatic amines is 1. The van der Waals surface area contributed by atoms with Crippen LogP contribution in [0.4, 0.5) is 0 Å². The topological polar surface area (TPSA) is 325 Å². The summed E-state index contributed by atoms with van der Waals surface area (Å²) < 4.78 is 0. The van der Waals surface area contributed by atoms with Crippen molar-refractivity contribution in [2.75, 3.05) is 31.9 Å². The molecule has 4 heterocycles. The lowest BCUT2D eigenvalue weighted by molar-refractivity contribution is -0.148. The van der Waals surface area contributed by atoms with Gasteiger partial charge >= 0.3 is 5.97 Å². The molecule has 0 saturated carbocycles. The highest BCUT2D eigenvalue weighted by atomic mass is 32.1. The maximum Gasteiger partial charge on any atom is 0.327 e. The average Bonchev–Trinajstić information content (AvgIpc) is 4.08. The molecule has 2 aromatic rings. The first-order valence-corrected chi connectivity index (χ1v) is 21.0. The Morgan fingerprint density at radius 1 is 0.820 bits per heavy atom. The van der Waals surface area contributed by atoms with Crippen LogP contribution in [0, 0.1) is 0 Å². The van der Waals surface area contributed by atoms with Crippen LogP contribution in [0.5, 0.6) is 5.75 Å². The zero-order valence-corrected chi connectivity index (χ0v) is 34.7. The van der Waals surface area contributed by atoms with Crippen molar-refractivity contribution in [3.05, 3.63) is 48.0 Å². The van der Waals surface area contributed by atoms with E-state index in [1.54, 1.807) is 18.3 Å². The molecule has 21 nitrogen and oxygen atoms in total. The summed E-state index contributed by atoms with van der Waals surface area (Å²) >= 11 is 4.01. The third-order valence-corrected chi connectivity index (χ3v) is 11.5. The number of aromatic hydroxyl groups is 1. The van der Waals surface area contributed by atoms with Crippen molar-refractivity contribution < 1.29 is 43.8 Å². The Bertz CT molecular complexity index is 1910. The van der Waals surface area contributed by atoms with Crippen molar-refractivity contribution in [3.8, 4) is 5.75 Å². The molecule has 3 aliphatic heterocycles. The number of hydrogen-bond donors (Lipinski definition) is 10. The Kier molecular flexibility index (Phi) is 16.3. The average molecular weight is 869 g/mol. The lowest BCUT2D eigenvalue weighted by Gasteiger charge is -2.34. The number of hydrogen-bond acceptors (Lipinski definition) is 12. The molecule has 0 aliphatic carbocycles. The van der Waals surface area contributed by atoms with Gasteiger partial charge < -0.3 is 63.0 Å². The zero-order valence-electron chi connectivity index (χ0n) is 33.8. The number of carboxylic acids is 1. The number of nitrogens with zero attached hydrogens (tertiary/aromatic N) is 5. The number of imidazole rings is 1. The molecular formula is C39H56N12O9S. The fourth-order valence-corrected chi connectivity index (χ4v) is 8.29. The number of nitrogens with one attached hydrogen (secondary N) is 4. The van der Waals surface area contributed by atoms with Gasteiger partial charge in [0.05, 0.1) is 12.4 Å². The van der Waals surface area contributed by atoms with Gasteiger partial charge in [-0.2, -0.15) is 12.6 Å². The number of H-pyrrole nitrogens is 1. The van der Waals surface area contributed by atoms with Gasteiger partial charge in [0.2, 0.25) is 35.4 Å². The van der Waals surface area contributed by atoms with Crippen LogP contribution < -0.4 is 33.2 Å². The molecule has 332 valence electrons. The number of amides is 6. The number of rotatable bonds is 19. The highest BCUT2D eigenvalue weighted by Gasteiger charge is 2.45. The molecular weight excluding hydrogens is 813 g/mol. The van der Waals surface area contributed by atoms with Crippen molar-refractivity contribution in [2.24, 2.45) is 22.2 Å². The zero-order chi connectivity index (χ0) is 44.2. The predicted molar refractivity (Wildman–Crippen MR) is 223 cm³/mol. The number of phenolic OH excluding ortho intramolecular Hbond substituents is 1. The van der Waals surface area contributed by atoms with E-state index in [0.29, 0.717) is 36.9 Å². The molecule has 0 spiro atoms. The summed E-state index contributed by atoms with van der Waals surface area (Å²) in [4.78, 5) is 110. The second-order valence-corrected chi connectivity index (χ2v) is 15.8. The quantitative estimate of drug-likeness (QED) is 0.0309. The van der Waals surface area contributed by atoms with E-state index >= 15 is 0 Å². The first-order valence-electron chi connectivity index (χ1n) is 20.4. The van der Waals surface area contributed by atoms with Crippen LogP contribution in [0.15, 0.2) is 41.8 Å². The van der Waals surface area contributed by atoms with Crippen molar-refractivity contribution >= 4 is 60.0 Å². The molecule has 7 atom stereocenters. The molecule has 3 fully saturated rings. The number of aliphatic carboxylic acids is 1. The second-order valence-electron chi connectivity index (χ2n) is 15.5. The second kappa shape index (κ2) is 21.6. The molecule has 61 heavy (non-hydrogen) atoms. The summed E-state index contributed by atoms with van der Waals surface area (Å²) in [7, 11) is 0. The molecule has 1 aromatic carbocycles. The SMILES string of the molecule is NC(N)=NCCC[C@H](NC(=O)[C@@H]1CCCN1C(=O)[C@@H]1CCCN1C(=O)[C@H](Cc1ccc(O)cc1)NC(=O)[C@@H](N)Cc1cnc[nH]1)C(=O)N1CCC[C@H]1C(=O)N[C@@H](CS)C(=O)O. The Hall–Kier alpha value is -5.90. The molecule has 6 amide bonds. The molecule has 0 bridgehead atoms. The first kappa shape index (κ1) is 46.2. The van der Waals surface area contributed by atoms with E-state index in [4.69, 9.17) is 17.2 Å². The van der Waals surface area contributed by atoms with E-state index < -0.39 is 83.7 Å². The minimum atomic E-state index is -1.27. The van der Waals surface area contributed by atoms with E-state index in [0.717, 1.165) is 0 Å². The molecule has 1 aromatic heterocycles. The fraction of sp³-hybridized carbons (Fsp3) is 0.564. The number of carbonyl (C=O) groups is 7. The smallest absolute Gasteiger partial charge is 0.327 e. The van der Waals surface area contributed by atoms with Gasteiger partial charge in [0, 0.05) is 56.7 Å². The van der Waals surface area contributed by atoms with Crippen LogP contribution in [-0.2, 0) is 46.4 Å². The van der Waals surface area contributed by atoms with Gasteiger partial charge in [-0.25, -0.2) is 9.78 Å². The third kappa shape index (κ3) is 12.1. The van der Waals surface area contributed by atoms with Gasteiger partial charge in [0.15, 0.2) is 5.96 Å². The Labute approximate surface area is 358 Å². The van der Waals surface area contributed by atoms with Gasteiger partial charge in [-0.3, -0.25) is 33.8 Å². The van der Waals surface area contributed by atoms with Gasteiger partial charge in [0.25, 0.3) is 0 Å². The molecule has 0 unspecified atom stereocenters. The number of thiol groups is 1. The summed E-state index contributed by atoms with van der Waals surface area (Å²) in [6.45, 7) is 0.789. The molecule has 0 radical (unpaired) electrons. The summed E-state index contributed by atoms with van der Waals surface area (Å²) in [5.41, 5.74) is 18.5. The number of aliphatic imine (C=N–C) groups is 1. The van der Waals surface area contributed by atoms with Gasteiger partial charge in [-0.1, -0.05) is 12.1 Å². The molecule has 12 N–H and O–H groups in total. The Morgan fingerprint density at radius 3 is 1.98 bits per heavy atom. The number of likely N-dealkylation sites (tertiary alicyclic amines) is 3. The van der Waals surface area contributed by atoms with E-state index in [-0.39, 0.29) is 82.2 Å². The van der Waals surface area contributed by atoms with E-state index in [1.165, 1.54) is 33.2 Å². The van der Waals surface area contributed by atoms with Crippen molar-refractivity contribution in [2.45, 2.75) is 107 Å². The number of phenols is 1. The van der Waals surface area contributed by atoms with Crippen LogP contribution in [0.3, 0.4) is 0 Å². The van der Waals surface area contributed by atoms with Crippen LogP contribution >= 0.6 is 12.6 Å². The Morgan fingerprint density at radius 2 is 1.39 bits per heavy atom. The van der Waals surface area contributed by atoms with Crippen LogP contribution in [-0.4, -0.2) is 156 Å². The number of aromatic nitrogens is 2. The normalized spacial score (nSPS) is 20.6. The lowest BCUT2D eigenvalue weighted by atomic mass is 10.0. The van der Waals surface area contributed by atoms with Crippen molar-refractivity contribution in [1.82, 2.24) is 40.6 Å². The molecule has 22 heteroatoms. The Balaban J connectivity index is 1.30. The molecule has 5 rings (SSSR count). The highest BCUT2D eigenvalue weighted by molar-refractivity contribution is 7.80. The van der Waals surface area contributed by atoms with E-state index in [2.05, 4.69) is 43.5 Å². The maximum absolute atomic E-state index is 14.4. The summed E-state index contributed by atoms with van der Waals surface area (Å²) in [6, 6.07) is -1.25. The standard InChI is InChI=1S/C39H56N12O9S/c40-25(18-23-19-43-21-45-23)32(53)47-27(17-22-9-11-24(52)12-10-22)36(57)51-16-4-8-31(51)37(58)50-15-3-7-30(50)33(54)46-26(5-1-13-44-39(41)42)35(56)49-14-2-6-29(49)34(55)48-28(20-61)38(59)60/h9-12,19,21,25-31,52,61H,1-8,13-18,20,40H2,(H,43,45)(H,46,54)(H,47,53)(H,48,55)(H,59,60)(H4,41,42,44)/t25-,26-,27-,28-,29-,30-,31-/m0/s1. The van der Waals surface area contributed by atoms with E-state index in [1.807, 2.05) is 0 Å². The monoisotopic (exact) mass is 868 g/mol. The predicted octanol–water partition coefficient (Wildman–Crippen LogP) is -2.28.